The van der Waals surface area contributed by atoms with Crippen LogP contribution in [0.3, 0.4) is 0 Å². The maximum Gasteiger partial charge on any atom is 0.101 e. The van der Waals surface area contributed by atoms with E-state index < -0.39 is 0 Å². The lowest BCUT2D eigenvalue weighted by Crippen LogP contribution is -1.79. The minimum absolute atomic E-state index is 0.503. The number of thiophene rings is 1. The Morgan fingerprint density at radius 1 is 1.21 bits per heavy atom. The van der Waals surface area contributed by atoms with E-state index >= 15 is 0 Å². The lowest BCUT2D eigenvalue weighted by Gasteiger charge is -1.95. The highest BCUT2D eigenvalue weighted by Gasteiger charge is 2.07. The van der Waals surface area contributed by atoms with E-state index in [1.807, 2.05) is 11.4 Å². The van der Waals surface area contributed by atoms with E-state index in [0.29, 0.717) is 11.1 Å². The average molecular weight is 216 g/mol. The largest absolute Gasteiger partial charge is 0.192 e. The third kappa shape index (κ3) is 1.26. The van der Waals surface area contributed by atoms with Crippen LogP contribution in [0.2, 0.25) is 0 Å². The van der Waals surface area contributed by atoms with E-state index in [1.165, 1.54) is 11.3 Å². The molecule has 66 valence electrons. The van der Waals surface area contributed by atoms with Crippen LogP contribution in [-0.4, -0.2) is 0 Å². The summed E-state index contributed by atoms with van der Waals surface area (Å²) in [5, 5.41) is 20.4. The molecule has 14 heavy (non-hydrogen) atoms. The summed E-state index contributed by atoms with van der Waals surface area (Å²) in [6, 6.07) is 7.48. The van der Waals surface area contributed by atoms with E-state index in [4.69, 9.17) is 10.5 Å². The van der Waals surface area contributed by atoms with Gasteiger partial charge in [0.15, 0.2) is 0 Å². The van der Waals surface area contributed by atoms with Crippen molar-refractivity contribution in [2.75, 3.05) is 0 Å². The molecule has 0 atom stereocenters. The number of fused-ring (bicyclic) bond motifs is 1. The van der Waals surface area contributed by atoms with Crippen molar-refractivity contribution >= 4 is 34.1 Å². The Morgan fingerprint density at radius 2 is 2.00 bits per heavy atom. The molecule has 0 aliphatic rings. The summed E-state index contributed by atoms with van der Waals surface area (Å²) < 4.78 is 0.900. The highest BCUT2D eigenvalue weighted by atomic mass is 32.1. The Balaban J connectivity index is 2.93. The van der Waals surface area contributed by atoms with Gasteiger partial charge in [-0.3, -0.25) is 0 Å². The molecular weight excluding hydrogens is 212 g/mol. The van der Waals surface area contributed by atoms with Gasteiger partial charge in [0.25, 0.3) is 0 Å². The van der Waals surface area contributed by atoms with Crippen molar-refractivity contribution < 1.29 is 0 Å². The molecule has 2 nitrogen and oxygen atoms in total. The van der Waals surface area contributed by atoms with Crippen molar-refractivity contribution in [2.45, 2.75) is 4.90 Å². The Kier molecular flexibility index (Phi) is 2.17. The number of benzene rings is 1. The average Bonchev–Trinajstić information content (AvgIpc) is 2.59. The SMILES string of the molecule is N#Cc1cc(C#N)c2scc(S)c2c1. The second-order valence-electron chi connectivity index (χ2n) is 2.75. The first kappa shape index (κ1) is 9.08. The Labute approximate surface area is 90.4 Å². The van der Waals surface area contributed by atoms with Crippen molar-refractivity contribution in [3.63, 3.8) is 0 Å². The second-order valence-corrected chi connectivity index (χ2v) is 4.11. The van der Waals surface area contributed by atoms with E-state index in [2.05, 4.69) is 18.7 Å². The molecule has 1 aromatic carbocycles. The summed E-state index contributed by atoms with van der Waals surface area (Å²) in [7, 11) is 0. The number of hydrogen-bond donors (Lipinski definition) is 1. The third-order valence-corrected chi connectivity index (χ3v) is 3.48. The van der Waals surface area contributed by atoms with Gasteiger partial charge >= 0.3 is 0 Å². The number of rotatable bonds is 0. The standard InChI is InChI=1S/C10H4N2S2/c11-3-6-1-7(4-12)10-8(2-6)9(13)5-14-10/h1-2,5,13H. The topological polar surface area (TPSA) is 47.6 Å². The Morgan fingerprint density at radius 3 is 2.64 bits per heavy atom. The molecule has 0 bridgehead atoms. The first-order chi connectivity index (χ1) is 6.76. The zero-order chi connectivity index (χ0) is 10.1. The molecule has 1 heterocycles. The molecule has 1 aromatic heterocycles. The minimum atomic E-state index is 0.503. The number of nitrogens with zero attached hydrogens (tertiary/aromatic N) is 2. The summed E-state index contributed by atoms with van der Waals surface area (Å²) >= 11 is 5.74. The highest BCUT2D eigenvalue weighted by Crippen LogP contribution is 2.32. The summed E-state index contributed by atoms with van der Waals surface area (Å²) in [4.78, 5) is 0.818. The van der Waals surface area contributed by atoms with Crippen LogP contribution in [0.25, 0.3) is 10.1 Å². The minimum Gasteiger partial charge on any atom is -0.192 e. The van der Waals surface area contributed by atoms with Gasteiger partial charge in [-0.15, -0.1) is 24.0 Å². The molecule has 2 aromatic rings. The first-order valence-electron chi connectivity index (χ1n) is 3.80. The van der Waals surface area contributed by atoms with Crippen molar-refractivity contribution in [1.29, 1.82) is 10.5 Å². The van der Waals surface area contributed by atoms with Crippen molar-refractivity contribution in [3.8, 4) is 12.1 Å². The molecule has 0 aliphatic carbocycles. The number of thiol groups is 1. The van der Waals surface area contributed by atoms with Crippen LogP contribution < -0.4 is 0 Å². The molecule has 0 saturated carbocycles. The number of hydrogen-bond acceptors (Lipinski definition) is 4. The van der Waals surface area contributed by atoms with Crippen molar-refractivity contribution in [1.82, 2.24) is 0 Å². The quantitative estimate of drug-likeness (QED) is 0.688. The van der Waals surface area contributed by atoms with Gasteiger partial charge in [-0.2, -0.15) is 10.5 Å². The van der Waals surface area contributed by atoms with Gasteiger partial charge in [-0.05, 0) is 12.1 Å². The maximum atomic E-state index is 8.89. The zero-order valence-corrected chi connectivity index (χ0v) is 8.69. The Bertz CT molecular complexity index is 584. The van der Waals surface area contributed by atoms with Crippen LogP contribution >= 0.6 is 24.0 Å². The van der Waals surface area contributed by atoms with Crippen LogP contribution in [0.15, 0.2) is 22.4 Å². The Hall–Kier alpha value is -1.49. The lowest BCUT2D eigenvalue weighted by molar-refractivity contribution is 1.47. The molecular formula is C10H4N2S2. The van der Waals surface area contributed by atoms with E-state index in [1.54, 1.807) is 12.1 Å². The van der Waals surface area contributed by atoms with Crippen molar-refractivity contribution in [2.24, 2.45) is 0 Å². The lowest BCUT2D eigenvalue weighted by atomic mass is 10.1. The van der Waals surface area contributed by atoms with Crippen LogP contribution in [0.1, 0.15) is 11.1 Å². The first-order valence-corrected chi connectivity index (χ1v) is 5.13. The predicted octanol–water partition coefficient (Wildman–Crippen LogP) is 2.93. The van der Waals surface area contributed by atoms with Crippen molar-refractivity contribution in [3.05, 3.63) is 28.6 Å². The van der Waals surface area contributed by atoms with Gasteiger partial charge < -0.3 is 0 Å². The highest BCUT2D eigenvalue weighted by molar-refractivity contribution is 7.80. The van der Waals surface area contributed by atoms with Gasteiger partial charge in [-0.25, -0.2) is 0 Å². The molecule has 0 fully saturated rings. The molecule has 0 aliphatic heterocycles. The third-order valence-electron chi connectivity index (χ3n) is 1.90. The van der Waals surface area contributed by atoms with Gasteiger partial charge in [0.2, 0.25) is 0 Å². The van der Waals surface area contributed by atoms with Crippen LogP contribution in [0.5, 0.6) is 0 Å². The summed E-state index contributed by atoms with van der Waals surface area (Å²) in [5.74, 6) is 0. The van der Waals surface area contributed by atoms with Crippen LogP contribution in [-0.2, 0) is 0 Å². The molecule has 0 radical (unpaired) electrons. The fourth-order valence-corrected chi connectivity index (χ4v) is 2.57. The van der Waals surface area contributed by atoms with Crippen LogP contribution in [0, 0.1) is 22.7 Å². The van der Waals surface area contributed by atoms with Gasteiger partial charge in [0.05, 0.1) is 21.9 Å². The molecule has 4 heteroatoms. The van der Waals surface area contributed by atoms with E-state index in [9.17, 15) is 0 Å². The molecule has 0 amide bonds. The van der Waals surface area contributed by atoms with E-state index in [-0.39, 0.29) is 0 Å². The van der Waals surface area contributed by atoms with E-state index in [0.717, 1.165) is 15.0 Å². The van der Waals surface area contributed by atoms with Gasteiger partial charge in [0.1, 0.15) is 6.07 Å². The zero-order valence-electron chi connectivity index (χ0n) is 6.98. The number of nitriles is 2. The van der Waals surface area contributed by atoms with Gasteiger partial charge in [-0.1, -0.05) is 0 Å². The molecule has 0 N–H and O–H groups in total. The molecule has 0 spiro atoms. The summed E-state index contributed by atoms with van der Waals surface area (Å²) in [5.41, 5.74) is 1.05. The molecule has 0 saturated heterocycles. The normalized spacial score (nSPS) is 9.64. The maximum absolute atomic E-state index is 8.89. The summed E-state index contributed by atoms with van der Waals surface area (Å²) in [6.45, 7) is 0. The fraction of sp³-hybridized carbons (Fsp3) is 0. The second kappa shape index (κ2) is 3.34. The van der Waals surface area contributed by atoms with Gasteiger partial charge in [0, 0.05) is 15.7 Å². The predicted molar refractivity (Wildman–Crippen MR) is 58.5 cm³/mol. The smallest absolute Gasteiger partial charge is 0.101 e. The van der Waals surface area contributed by atoms with Crippen LogP contribution in [0.4, 0.5) is 0 Å². The summed E-state index contributed by atoms with van der Waals surface area (Å²) in [6.07, 6.45) is 0. The monoisotopic (exact) mass is 216 g/mol. The fourth-order valence-electron chi connectivity index (χ4n) is 1.27. The molecule has 2 rings (SSSR count). The molecule has 0 unspecified atom stereocenters.